The van der Waals surface area contributed by atoms with Crippen LogP contribution in [0.3, 0.4) is 0 Å². The highest BCUT2D eigenvalue weighted by molar-refractivity contribution is 5.80. The van der Waals surface area contributed by atoms with Crippen molar-refractivity contribution in [1.29, 1.82) is 0 Å². The first-order valence-corrected chi connectivity index (χ1v) is 8.86. The number of hydrogen-bond acceptors (Lipinski definition) is 7. The van der Waals surface area contributed by atoms with Crippen molar-refractivity contribution in [2.75, 3.05) is 0 Å². The molecule has 4 aromatic rings. The van der Waals surface area contributed by atoms with Crippen LogP contribution in [0.25, 0.3) is 16.6 Å². The Bertz CT molecular complexity index is 1300. The second kappa shape index (κ2) is 7.97. The molecule has 0 N–H and O–H groups in total. The van der Waals surface area contributed by atoms with Gasteiger partial charge in [-0.3, -0.25) is 9.59 Å². The standard InChI is InChI=1S/C19H13F3N6O3/c20-19(21,22)13-5-6-16(23-8-13)27-9-14(25-26-27)11-31-17(29)10-28-18(30)15-4-2-1-3-12(15)7-24-28/h1-9H,10-11H2. The van der Waals surface area contributed by atoms with E-state index in [2.05, 4.69) is 20.4 Å². The summed E-state index contributed by atoms with van der Waals surface area (Å²) in [5.74, 6) is -0.600. The maximum absolute atomic E-state index is 12.6. The van der Waals surface area contributed by atoms with E-state index in [4.69, 9.17) is 4.74 Å². The lowest BCUT2D eigenvalue weighted by Crippen LogP contribution is -2.27. The lowest BCUT2D eigenvalue weighted by Gasteiger charge is -2.06. The number of fused-ring (bicyclic) bond motifs is 1. The van der Waals surface area contributed by atoms with Crippen LogP contribution >= 0.6 is 0 Å². The van der Waals surface area contributed by atoms with Crippen LogP contribution in [-0.4, -0.2) is 35.7 Å². The van der Waals surface area contributed by atoms with E-state index in [1.807, 2.05) is 0 Å². The monoisotopic (exact) mass is 430 g/mol. The molecule has 0 bridgehead atoms. The summed E-state index contributed by atoms with van der Waals surface area (Å²) in [6.07, 6.45) is -0.962. The van der Waals surface area contributed by atoms with Crippen LogP contribution < -0.4 is 5.56 Å². The fraction of sp³-hybridized carbons (Fsp3) is 0.158. The molecule has 0 spiro atoms. The number of esters is 1. The van der Waals surface area contributed by atoms with Crippen molar-refractivity contribution in [3.63, 3.8) is 0 Å². The number of aromatic nitrogens is 6. The zero-order chi connectivity index (χ0) is 22.0. The molecule has 0 aliphatic carbocycles. The summed E-state index contributed by atoms with van der Waals surface area (Å²) < 4.78 is 45.1. The Balaban J connectivity index is 1.39. The minimum absolute atomic E-state index is 0.116. The van der Waals surface area contributed by atoms with E-state index in [1.54, 1.807) is 24.3 Å². The zero-order valence-corrected chi connectivity index (χ0v) is 15.7. The molecule has 31 heavy (non-hydrogen) atoms. The van der Waals surface area contributed by atoms with Gasteiger partial charge >= 0.3 is 12.1 Å². The molecule has 1 aromatic carbocycles. The Hall–Kier alpha value is -4.09. The highest BCUT2D eigenvalue weighted by atomic mass is 19.4. The molecule has 12 heteroatoms. The molecule has 0 fully saturated rings. The highest BCUT2D eigenvalue weighted by Gasteiger charge is 2.30. The van der Waals surface area contributed by atoms with E-state index in [1.165, 1.54) is 12.4 Å². The van der Waals surface area contributed by atoms with Gasteiger partial charge in [0.1, 0.15) is 18.8 Å². The maximum Gasteiger partial charge on any atom is 0.417 e. The molecule has 158 valence electrons. The molecule has 9 nitrogen and oxygen atoms in total. The minimum atomic E-state index is -4.49. The van der Waals surface area contributed by atoms with E-state index >= 15 is 0 Å². The number of nitrogens with zero attached hydrogens (tertiary/aromatic N) is 6. The first-order chi connectivity index (χ1) is 14.8. The summed E-state index contributed by atoms with van der Waals surface area (Å²) in [6.45, 7) is -0.639. The van der Waals surface area contributed by atoms with Crippen LogP contribution in [0.4, 0.5) is 13.2 Å². The third kappa shape index (κ3) is 4.42. The maximum atomic E-state index is 12.6. The number of pyridine rings is 1. The molecule has 0 aliphatic heterocycles. The Labute approximate surface area is 171 Å². The van der Waals surface area contributed by atoms with Crippen LogP contribution in [0.2, 0.25) is 0 Å². The fourth-order valence-corrected chi connectivity index (χ4v) is 2.73. The predicted molar refractivity (Wildman–Crippen MR) is 100.0 cm³/mol. The summed E-state index contributed by atoms with van der Waals surface area (Å²) >= 11 is 0. The first-order valence-electron chi connectivity index (χ1n) is 8.86. The third-order valence-corrected chi connectivity index (χ3v) is 4.27. The average molecular weight is 430 g/mol. The van der Waals surface area contributed by atoms with E-state index in [9.17, 15) is 22.8 Å². The molecule has 0 amide bonds. The largest absolute Gasteiger partial charge is 0.458 e. The summed E-state index contributed by atoms with van der Waals surface area (Å²) in [4.78, 5) is 28.2. The van der Waals surface area contributed by atoms with Crippen molar-refractivity contribution in [2.45, 2.75) is 19.3 Å². The first kappa shape index (κ1) is 20.2. The Morgan fingerprint density at radius 1 is 1.10 bits per heavy atom. The van der Waals surface area contributed by atoms with Crippen LogP contribution in [0, 0.1) is 0 Å². The van der Waals surface area contributed by atoms with Gasteiger partial charge in [0.2, 0.25) is 0 Å². The molecule has 0 saturated carbocycles. The van der Waals surface area contributed by atoms with Crippen molar-refractivity contribution in [3.05, 3.63) is 76.6 Å². The van der Waals surface area contributed by atoms with Gasteiger partial charge in [-0.1, -0.05) is 23.4 Å². The van der Waals surface area contributed by atoms with Crippen LogP contribution in [0.5, 0.6) is 0 Å². The van der Waals surface area contributed by atoms with Crippen LogP contribution in [0.15, 0.2) is 59.8 Å². The van der Waals surface area contributed by atoms with Crippen molar-refractivity contribution in [2.24, 2.45) is 0 Å². The number of rotatable bonds is 5. The summed E-state index contributed by atoms with van der Waals surface area (Å²) in [6, 6.07) is 8.87. The normalized spacial score (nSPS) is 11.6. The second-order valence-corrected chi connectivity index (χ2v) is 6.41. The number of alkyl halides is 3. The average Bonchev–Trinajstić information content (AvgIpc) is 3.23. The molecule has 0 unspecified atom stereocenters. The third-order valence-electron chi connectivity index (χ3n) is 4.27. The number of benzene rings is 1. The lowest BCUT2D eigenvalue weighted by atomic mass is 10.2. The molecule has 0 aliphatic rings. The van der Waals surface area contributed by atoms with Crippen molar-refractivity contribution >= 4 is 16.7 Å². The van der Waals surface area contributed by atoms with E-state index < -0.39 is 29.8 Å². The van der Waals surface area contributed by atoms with Crippen molar-refractivity contribution in [3.8, 4) is 5.82 Å². The number of halogens is 3. The molecular weight excluding hydrogens is 417 g/mol. The quantitative estimate of drug-likeness (QED) is 0.447. The molecule has 0 radical (unpaired) electrons. The minimum Gasteiger partial charge on any atom is -0.458 e. The van der Waals surface area contributed by atoms with Gasteiger partial charge in [-0.05, 0) is 18.2 Å². The van der Waals surface area contributed by atoms with Gasteiger partial charge in [-0.15, -0.1) is 5.10 Å². The molecule has 4 rings (SSSR count). The van der Waals surface area contributed by atoms with Gasteiger partial charge in [0.25, 0.3) is 5.56 Å². The predicted octanol–water partition coefficient (Wildman–Crippen LogP) is 2.13. The van der Waals surface area contributed by atoms with Gasteiger partial charge in [0, 0.05) is 11.6 Å². The summed E-state index contributed by atoms with van der Waals surface area (Å²) in [5, 5.41) is 12.6. The molecule has 3 aromatic heterocycles. The summed E-state index contributed by atoms with van der Waals surface area (Å²) in [5.41, 5.74) is -1.06. The number of hydrogen-bond donors (Lipinski definition) is 0. The number of carbonyl (C=O) groups is 1. The number of ether oxygens (including phenoxy) is 1. The highest BCUT2D eigenvalue weighted by Crippen LogP contribution is 2.28. The topological polar surface area (TPSA) is 105 Å². The Morgan fingerprint density at radius 3 is 2.65 bits per heavy atom. The zero-order valence-electron chi connectivity index (χ0n) is 15.7. The van der Waals surface area contributed by atoms with Gasteiger partial charge in [0.05, 0.1) is 23.3 Å². The summed E-state index contributed by atoms with van der Waals surface area (Å²) in [7, 11) is 0. The Kier molecular flexibility index (Phi) is 5.19. The van der Waals surface area contributed by atoms with Gasteiger partial charge in [-0.2, -0.15) is 18.3 Å². The van der Waals surface area contributed by atoms with E-state index in [-0.39, 0.29) is 18.1 Å². The number of carbonyl (C=O) groups excluding carboxylic acids is 1. The SMILES string of the molecule is O=C(Cn1ncc2ccccc2c1=O)OCc1cn(-c2ccc(C(F)(F)F)cn2)nn1. The van der Waals surface area contributed by atoms with Gasteiger partial charge < -0.3 is 4.74 Å². The van der Waals surface area contributed by atoms with Gasteiger partial charge in [-0.25, -0.2) is 14.3 Å². The Morgan fingerprint density at radius 2 is 1.90 bits per heavy atom. The molecule has 3 heterocycles. The van der Waals surface area contributed by atoms with Crippen molar-refractivity contribution in [1.82, 2.24) is 29.8 Å². The molecular formula is C19H13F3N6O3. The van der Waals surface area contributed by atoms with E-state index in [0.717, 1.165) is 21.5 Å². The van der Waals surface area contributed by atoms with E-state index in [0.29, 0.717) is 17.0 Å². The molecule has 0 atom stereocenters. The smallest absolute Gasteiger partial charge is 0.417 e. The van der Waals surface area contributed by atoms with Crippen LogP contribution in [0.1, 0.15) is 11.3 Å². The molecule has 0 saturated heterocycles. The fourth-order valence-electron chi connectivity index (χ4n) is 2.73. The van der Waals surface area contributed by atoms with Gasteiger partial charge in [0.15, 0.2) is 5.82 Å². The van der Waals surface area contributed by atoms with Crippen molar-refractivity contribution < 1.29 is 22.7 Å². The lowest BCUT2D eigenvalue weighted by molar-refractivity contribution is -0.146. The second-order valence-electron chi connectivity index (χ2n) is 6.41. The van der Waals surface area contributed by atoms with Crippen LogP contribution in [-0.2, 0) is 28.9 Å².